The Morgan fingerprint density at radius 3 is 2.58 bits per heavy atom. The first-order valence-electron chi connectivity index (χ1n) is 7.50. The molecule has 2 aromatic rings. The summed E-state index contributed by atoms with van der Waals surface area (Å²) in [5, 5.41) is 11.3. The highest BCUT2D eigenvalue weighted by Crippen LogP contribution is 2.19. The minimum Gasteiger partial charge on any atom is -0.480 e. The average molecular weight is 349 g/mol. The average Bonchev–Trinajstić information content (AvgIpc) is 3.06. The van der Waals surface area contributed by atoms with Gasteiger partial charge in [0.2, 0.25) is 11.8 Å². The third-order valence-corrected chi connectivity index (χ3v) is 3.89. The maximum Gasteiger partial charge on any atom is 0.321 e. The number of urea groups is 1. The number of hydrogen-bond donors (Lipinski definition) is 1. The number of nitrogens with one attached hydrogen (secondary N) is 1. The molecular formula is C16H17ClN4O3. The second-order valence-corrected chi connectivity index (χ2v) is 5.76. The summed E-state index contributed by atoms with van der Waals surface area (Å²) in [6.45, 7) is 1.11. The van der Waals surface area contributed by atoms with E-state index in [9.17, 15) is 4.79 Å². The summed E-state index contributed by atoms with van der Waals surface area (Å²) >= 11 is 5.83. The number of benzene rings is 1. The zero-order valence-electron chi connectivity index (χ0n) is 13.1. The van der Waals surface area contributed by atoms with Crippen LogP contribution in [0.15, 0.2) is 36.4 Å². The summed E-state index contributed by atoms with van der Waals surface area (Å²) in [4.78, 5) is 14.0. The molecule has 0 radical (unpaired) electrons. The van der Waals surface area contributed by atoms with Gasteiger partial charge in [-0.05, 0) is 24.3 Å². The lowest BCUT2D eigenvalue weighted by Crippen LogP contribution is -2.34. The van der Waals surface area contributed by atoms with Gasteiger partial charge in [-0.3, -0.25) is 0 Å². The topological polar surface area (TPSA) is 76.6 Å². The van der Waals surface area contributed by atoms with Gasteiger partial charge in [-0.15, -0.1) is 10.2 Å². The SMILES string of the molecule is COc1ccc(OC2CCN(C(=O)Nc3ccc(Cl)cc3)C2)nn1. The molecule has 3 rings (SSSR count). The number of carbonyl (C=O) groups is 1. The van der Waals surface area contributed by atoms with Crippen molar-refractivity contribution in [2.45, 2.75) is 12.5 Å². The van der Waals surface area contributed by atoms with Crippen LogP contribution in [0, 0.1) is 0 Å². The maximum atomic E-state index is 12.3. The molecule has 1 aromatic carbocycles. The Hall–Kier alpha value is -2.54. The Kier molecular flexibility index (Phi) is 5.00. The molecule has 2 amide bonds. The van der Waals surface area contributed by atoms with Crippen molar-refractivity contribution >= 4 is 23.3 Å². The molecule has 8 heteroatoms. The van der Waals surface area contributed by atoms with Gasteiger partial charge in [-0.25, -0.2) is 4.79 Å². The predicted molar refractivity (Wildman–Crippen MR) is 89.7 cm³/mol. The molecule has 0 spiro atoms. The number of rotatable bonds is 4. The van der Waals surface area contributed by atoms with Crippen molar-refractivity contribution in [2.24, 2.45) is 0 Å². The van der Waals surface area contributed by atoms with Crippen LogP contribution in [0.3, 0.4) is 0 Å². The first-order chi connectivity index (χ1) is 11.6. The molecule has 2 heterocycles. The van der Waals surface area contributed by atoms with Gasteiger partial charge < -0.3 is 19.7 Å². The van der Waals surface area contributed by atoms with Gasteiger partial charge in [0.25, 0.3) is 0 Å². The fraction of sp³-hybridized carbons (Fsp3) is 0.312. The molecule has 0 aliphatic carbocycles. The third kappa shape index (κ3) is 4.05. The first-order valence-corrected chi connectivity index (χ1v) is 7.88. The summed E-state index contributed by atoms with van der Waals surface area (Å²) in [7, 11) is 1.53. The summed E-state index contributed by atoms with van der Waals surface area (Å²) in [6.07, 6.45) is 0.630. The highest BCUT2D eigenvalue weighted by Gasteiger charge is 2.28. The number of hydrogen-bond acceptors (Lipinski definition) is 5. The van der Waals surface area contributed by atoms with Crippen LogP contribution >= 0.6 is 11.6 Å². The third-order valence-electron chi connectivity index (χ3n) is 3.64. The van der Waals surface area contributed by atoms with E-state index >= 15 is 0 Å². The number of carbonyl (C=O) groups excluding carboxylic acids is 1. The summed E-state index contributed by atoms with van der Waals surface area (Å²) in [5.41, 5.74) is 0.704. The lowest BCUT2D eigenvalue weighted by atomic mass is 10.3. The van der Waals surface area contributed by atoms with Crippen LogP contribution in [-0.4, -0.2) is 47.4 Å². The molecule has 1 aliphatic heterocycles. The van der Waals surface area contributed by atoms with E-state index in [4.69, 9.17) is 21.1 Å². The Balaban J connectivity index is 1.52. The van der Waals surface area contributed by atoms with Crippen molar-refractivity contribution in [1.82, 2.24) is 15.1 Å². The van der Waals surface area contributed by atoms with Gasteiger partial charge in [-0.2, -0.15) is 0 Å². The van der Waals surface area contributed by atoms with E-state index in [1.165, 1.54) is 7.11 Å². The smallest absolute Gasteiger partial charge is 0.321 e. The van der Waals surface area contributed by atoms with Crippen molar-refractivity contribution in [1.29, 1.82) is 0 Å². The standard InChI is InChI=1S/C16H17ClN4O3/c1-23-14-6-7-15(20-19-14)24-13-8-9-21(10-13)16(22)18-12-4-2-11(17)3-5-12/h2-7,13H,8-10H2,1H3,(H,18,22). The molecule has 1 aromatic heterocycles. The minimum absolute atomic E-state index is 0.108. The Morgan fingerprint density at radius 1 is 1.21 bits per heavy atom. The van der Waals surface area contributed by atoms with Gasteiger partial charge in [0, 0.05) is 35.8 Å². The second kappa shape index (κ2) is 7.35. The van der Waals surface area contributed by atoms with Crippen molar-refractivity contribution in [3.05, 3.63) is 41.4 Å². The van der Waals surface area contributed by atoms with E-state index in [-0.39, 0.29) is 12.1 Å². The van der Waals surface area contributed by atoms with Crippen molar-refractivity contribution < 1.29 is 14.3 Å². The van der Waals surface area contributed by atoms with E-state index in [1.807, 2.05) is 0 Å². The molecule has 1 aliphatic rings. The van der Waals surface area contributed by atoms with Gasteiger partial charge in [-0.1, -0.05) is 11.6 Å². The molecule has 24 heavy (non-hydrogen) atoms. The van der Waals surface area contributed by atoms with E-state index in [2.05, 4.69) is 15.5 Å². The number of halogens is 1. The largest absolute Gasteiger partial charge is 0.480 e. The molecule has 1 N–H and O–H groups in total. The lowest BCUT2D eigenvalue weighted by molar-refractivity contribution is 0.188. The maximum absolute atomic E-state index is 12.3. The number of anilines is 1. The number of nitrogens with zero attached hydrogens (tertiary/aromatic N) is 3. The van der Waals surface area contributed by atoms with Gasteiger partial charge >= 0.3 is 6.03 Å². The fourth-order valence-corrected chi connectivity index (χ4v) is 2.52. The molecule has 0 saturated carbocycles. The lowest BCUT2D eigenvalue weighted by Gasteiger charge is -2.17. The van der Waals surface area contributed by atoms with Crippen molar-refractivity contribution in [3.8, 4) is 11.8 Å². The van der Waals surface area contributed by atoms with Gasteiger partial charge in [0.15, 0.2) is 0 Å². The molecule has 1 fully saturated rings. The Labute approximate surface area is 144 Å². The highest BCUT2D eigenvalue weighted by atomic mass is 35.5. The first kappa shape index (κ1) is 16.3. The summed E-state index contributed by atoms with van der Waals surface area (Å²) < 4.78 is 10.7. The summed E-state index contributed by atoms with van der Waals surface area (Å²) in [5.74, 6) is 0.846. The Morgan fingerprint density at radius 2 is 1.92 bits per heavy atom. The van der Waals surface area contributed by atoms with Crippen molar-refractivity contribution in [3.63, 3.8) is 0 Å². The fourth-order valence-electron chi connectivity index (χ4n) is 2.39. The van der Waals surface area contributed by atoms with Crippen molar-refractivity contribution in [2.75, 3.05) is 25.5 Å². The molecule has 1 saturated heterocycles. The molecule has 1 atom stereocenters. The monoisotopic (exact) mass is 348 g/mol. The number of ether oxygens (including phenoxy) is 2. The zero-order chi connectivity index (χ0) is 16.9. The van der Waals surface area contributed by atoms with Crippen LogP contribution in [0.5, 0.6) is 11.8 Å². The van der Waals surface area contributed by atoms with Crippen LogP contribution in [0.4, 0.5) is 10.5 Å². The predicted octanol–water partition coefficient (Wildman–Crippen LogP) is 2.82. The second-order valence-electron chi connectivity index (χ2n) is 5.33. The summed E-state index contributed by atoms with van der Waals surface area (Å²) in [6, 6.07) is 10.2. The zero-order valence-corrected chi connectivity index (χ0v) is 13.9. The van der Waals surface area contributed by atoms with Crippen LogP contribution in [0.2, 0.25) is 5.02 Å². The minimum atomic E-state index is -0.163. The number of methoxy groups -OCH3 is 1. The molecule has 7 nitrogen and oxygen atoms in total. The molecule has 0 bridgehead atoms. The van der Waals surface area contributed by atoms with Crippen LogP contribution in [0.25, 0.3) is 0 Å². The Bertz CT molecular complexity index is 693. The van der Waals surface area contributed by atoms with Gasteiger partial charge in [0.1, 0.15) is 6.10 Å². The van der Waals surface area contributed by atoms with E-state index in [0.29, 0.717) is 35.6 Å². The quantitative estimate of drug-likeness (QED) is 0.919. The normalized spacial score (nSPS) is 16.8. The number of amides is 2. The van der Waals surface area contributed by atoms with Crippen LogP contribution < -0.4 is 14.8 Å². The molecular weight excluding hydrogens is 332 g/mol. The molecule has 1 unspecified atom stereocenters. The van der Waals surface area contributed by atoms with Crippen LogP contribution in [-0.2, 0) is 0 Å². The van der Waals surface area contributed by atoms with Gasteiger partial charge in [0.05, 0.1) is 13.7 Å². The van der Waals surface area contributed by atoms with E-state index in [0.717, 1.165) is 6.42 Å². The van der Waals surface area contributed by atoms with E-state index in [1.54, 1.807) is 41.3 Å². The number of likely N-dealkylation sites (tertiary alicyclic amines) is 1. The van der Waals surface area contributed by atoms with Crippen LogP contribution in [0.1, 0.15) is 6.42 Å². The number of aromatic nitrogens is 2. The van der Waals surface area contributed by atoms with E-state index < -0.39 is 0 Å². The molecule has 126 valence electrons. The highest BCUT2D eigenvalue weighted by molar-refractivity contribution is 6.30.